The van der Waals surface area contributed by atoms with Crippen molar-refractivity contribution < 1.29 is 9.53 Å². The van der Waals surface area contributed by atoms with Crippen molar-refractivity contribution in [3.05, 3.63) is 0 Å². The molecule has 2 aliphatic rings. The normalized spacial score (nSPS) is 41.6. The van der Waals surface area contributed by atoms with E-state index in [0.717, 1.165) is 18.8 Å². The minimum Gasteiger partial charge on any atom is -0.462 e. The van der Waals surface area contributed by atoms with E-state index in [2.05, 4.69) is 20.8 Å². The lowest BCUT2D eigenvalue weighted by molar-refractivity contribution is -0.145. The number of fused-ring (bicyclic) bond motifs is 1. The van der Waals surface area contributed by atoms with E-state index in [1.165, 1.54) is 6.42 Å². The van der Waals surface area contributed by atoms with E-state index in [-0.39, 0.29) is 18.0 Å². The molecule has 80 valence electrons. The van der Waals surface area contributed by atoms with Gasteiger partial charge in [0.05, 0.1) is 5.92 Å². The highest BCUT2D eigenvalue weighted by Gasteiger charge is 2.49. The second kappa shape index (κ2) is 3.56. The number of esters is 1. The number of rotatable bonds is 2. The standard InChI is InChI=1S/C12H20O2/c1-4-11-9-5-8(7(2)3)6-10(9)12(13)14-11/h7-11H,4-6H2,1-3H3. The monoisotopic (exact) mass is 196 g/mol. The van der Waals surface area contributed by atoms with Crippen LogP contribution < -0.4 is 0 Å². The number of hydrogen-bond donors (Lipinski definition) is 0. The van der Waals surface area contributed by atoms with Gasteiger partial charge in [-0.05, 0) is 31.1 Å². The maximum atomic E-state index is 11.6. The van der Waals surface area contributed by atoms with Gasteiger partial charge in [0.2, 0.25) is 0 Å². The van der Waals surface area contributed by atoms with Crippen molar-refractivity contribution in [2.75, 3.05) is 0 Å². The summed E-state index contributed by atoms with van der Waals surface area (Å²) in [5, 5.41) is 0. The van der Waals surface area contributed by atoms with Crippen molar-refractivity contribution in [1.29, 1.82) is 0 Å². The lowest BCUT2D eigenvalue weighted by Gasteiger charge is -2.18. The molecule has 2 rings (SSSR count). The molecule has 1 saturated heterocycles. The molecule has 0 aromatic carbocycles. The molecule has 14 heavy (non-hydrogen) atoms. The van der Waals surface area contributed by atoms with Gasteiger partial charge in [0, 0.05) is 5.92 Å². The SMILES string of the molecule is CCC1OC(=O)C2CC(C(C)C)CC12. The molecule has 4 unspecified atom stereocenters. The van der Waals surface area contributed by atoms with Gasteiger partial charge in [-0.15, -0.1) is 0 Å². The van der Waals surface area contributed by atoms with Gasteiger partial charge in [-0.2, -0.15) is 0 Å². The van der Waals surface area contributed by atoms with E-state index >= 15 is 0 Å². The van der Waals surface area contributed by atoms with Crippen molar-refractivity contribution in [3.63, 3.8) is 0 Å². The zero-order valence-corrected chi connectivity index (χ0v) is 9.32. The fourth-order valence-electron chi connectivity index (χ4n) is 3.05. The van der Waals surface area contributed by atoms with Crippen LogP contribution in [0.25, 0.3) is 0 Å². The Labute approximate surface area is 86.0 Å². The van der Waals surface area contributed by atoms with Gasteiger partial charge in [-0.3, -0.25) is 4.79 Å². The maximum absolute atomic E-state index is 11.6. The molecule has 0 bridgehead atoms. The Morgan fingerprint density at radius 3 is 2.71 bits per heavy atom. The summed E-state index contributed by atoms with van der Waals surface area (Å²) < 4.78 is 5.37. The van der Waals surface area contributed by atoms with Crippen LogP contribution in [-0.4, -0.2) is 12.1 Å². The van der Waals surface area contributed by atoms with Gasteiger partial charge < -0.3 is 4.74 Å². The number of ether oxygens (including phenoxy) is 1. The van der Waals surface area contributed by atoms with Crippen LogP contribution in [0.15, 0.2) is 0 Å². The van der Waals surface area contributed by atoms with Crippen LogP contribution in [0.5, 0.6) is 0 Å². The average Bonchev–Trinajstić information content (AvgIpc) is 2.66. The molecule has 0 amide bonds. The summed E-state index contributed by atoms with van der Waals surface area (Å²) in [6.45, 7) is 6.64. The van der Waals surface area contributed by atoms with Gasteiger partial charge in [0.15, 0.2) is 0 Å². The molecular formula is C12H20O2. The molecule has 2 nitrogen and oxygen atoms in total. The number of carbonyl (C=O) groups excluding carboxylic acids is 1. The molecule has 2 heteroatoms. The molecule has 0 aromatic heterocycles. The molecule has 1 heterocycles. The van der Waals surface area contributed by atoms with Crippen LogP contribution in [0.3, 0.4) is 0 Å². The quantitative estimate of drug-likeness (QED) is 0.635. The topological polar surface area (TPSA) is 26.3 Å². The summed E-state index contributed by atoms with van der Waals surface area (Å²) in [4.78, 5) is 11.6. The lowest BCUT2D eigenvalue weighted by Crippen LogP contribution is -2.16. The molecule has 0 aromatic rings. The molecule has 0 radical (unpaired) electrons. The molecule has 0 N–H and O–H groups in total. The second-order valence-electron chi connectivity index (χ2n) is 5.13. The molecule has 2 fully saturated rings. The smallest absolute Gasteiger partial charge is 0.309 e. The van der Waals surface area contributed by atoms with Crippen molar-refractivity contribution in [1.82, 2.24) is 0 Å². The van der Waals surface area contributed by atoms with Crippen LogP contribution in [-0.2, 0) is 9.53 Å². The van der Waals surface area contributed by atoms with E-state index in [1.807, 2.05) is 0 Å². The van der Waals surface area contributed by atoms with Gasteiger partial charge in [-0.25, -0.2) is 0 Å². The third-order valence-corrected chi connectivity index (χ3v) is 4.04. The summed E-state index contributed by atoms with van der Waals surface area (Å²) in [7, 11) is 0. The van der Waals surface area contributed by atoms with E-state index < -0.39 is 0 Å². The average molecular weight is 196 g/mol. The summed E-state index contributed by atoms with van der Waals surface area (Å²) in [5.41, 5.74) is 0. The van der Waals surface area contributed by atoms with Gasteiger partial charge in [-0.1, -0.05) is 20.8 Å². The number of carbonyl (C=O) groups is 1. The zero-order valence-electron chi connectivity index (χ0n) is 9.32. The van der Waals surface area contributed by atoms with E-state index in [4.69, 9.17) is 4.74 Å². The van der Waals surface area contributed by atoms with Gasteiger partial charge in [0.1, 0.15) is 6.10 Å². The highest BCUT2D eigenvalue weighted by Crippen LogP contribution is 2.47. The Hall–Kier alpha value is -0.530. The van der Waals surface area contributed by atoms with Crippen LogP contribution in [0.4, 0.5) is 0 Å². The molecule has 0 spiro atoms. The van der Waals surface area contributed by atoms with Crippen LogP contribution in [0.2, 0.25) is 0 Å². The van der Waals surface area contributed by atoms with Crippen LogP contribution >= 0.6 is 0 Å². The predicted molar refractivity (Wildman–Crippen MR) is 54.7 cm³/mol. The summed E-state index contributed by atoms with van der Waals surface area (Å²) in [6.07, 6.45) is 3.47. The fourth-order valence-corrected chi connectivity index (χ4v) is 3.05. The third kappa shape index (κ3) is 1.45. The minimum atomic E-state index is 0.0741. The fraction of sp³-hybridized carbons (Fsp3) is 0.917. The molecule has 1 aliphatic carbocycles. The summed E-state index contributed by atoms with van der Waals surface area (Å²) in [6, 6.07) is 0. The predicted octanol–water partition coefficient (Wildman–Crippen LogP) is 2.62. The Morgan fingerprint density at radius 1 is 1.43 bits per heavy atom. The molecule has 1 saturated carbocycles. The summed E-state index contributed by atoms with van der Waals surface area (Å²) in [5.74, 6) is 2.29. The van der Waals surface area contributed by atoms with Crippen LogP contribution in [0, 0.1) is 23.7 Å². The highest BCUT2D eigenvalue weighted by atomic mass is 16.6. The molecule has 4 atom stereocenters. The molecule has 1 aliphatic heterocycles. The first-order chi connectivity index (χ1) is 6.63. The number of cyclic esters (lactones) is 1. The third-order valence-electron chi connectivity index (χ3n) is 4.04. The largest absolute Gasteiger partial charge is 0.462 e. The highest BCUT2D eigenvalue weighted by molar-refractivity contribution is 5.75. The van der Waals surface area contributed by atoms with Crippen molar-refractivity contribution in [2.24, 2.45) is 23.7 Å². The first-order valence-electron chi connectivity index (χ1n) is 5.84. The van der Waals surface area contributed by atoms with E-state index in [9.17, 15) is 4.79 Å². The Morgan fingerprint density at radius 2 is 2.14 bits per heavy atom. The van der Waals surface area contributed by atoms with E-state index in [0.29, 0.717) is 11.8 Å². The van der Waals surface area contributed by atoms with Crippen molar-refractivity contribution in [3.8, 4) is 0 Å². The van der Waals surface area contributed by atoms with Gasteiger partial charge in [0.25, 0.3) is 0 Å². The maximum Gasteiger partial charge on any atom is 0.309 e. The minimum absolute atomic E-state index is 0.0741. The Balaban J connectivity index is 2.08. The molecular weight excluding hydrogens is 176 g/mol. The first-order valence-corrected chi connectivity index (χ1v) is 5.84. The Kier molecular flexibility index (Phi) is 2.54. The first kappa shape index (κ1) is 10.0. The van der Waals surface area contributed by atoms with Gasteiger partial charge >= 0.3 is 5.97 Å². The lowest BCUT2D eigenvalue weighted by atomic mass is 9.91. The second-order valence-corrected chi connectivity index (χ2v) is 5.13. The van der Waals surface area contributed by atoms with E-state index in [1.54, 1.807) is 0 Å². The number of hydrogen-bond acceptors (Lipinski definition) is 2. The zero-order chi connectivity index (χ0) is 10.3. The van der Waals surface area contributed by atoms with Crippen LogP contribution in [0.1, 0.15) is 40.0 Å². The van der Waals surface area contributed by atoms with Crippen molar-refractivity contribution >= 4 is 5.97 Å². The van der Waals surface area contributed by atoms with Crippen molar-refractivity contribution in [2.45, 2.75) is 46.1 Å². The Bertz CT molecular complexity index is 234. The summed E-state index contributed by atoms with van der Waals surface area (Å²) >= 11 is 0.